The SMILES string of the molecule is C#CC/C=C(/C)CC1CC=CN1C. The Bertz CT molecular complexity index is 255. The van der Waals surface area contributed by atoms with Crippen molar-refractivity contribution >= 4 is 0 Å². The zero-order valence-electron chi connectivity index (χ0n) is 8.46. The van der Waals surface area contributed by atoms with Crippen LogP contribution in [-0.2, 0) is 0 Å². The maximum atomic E-state index is 5.19. The molecule has 0 radical (unpaired) electrons. The van der Waals surface area contributed by atoms with Crippen LogP contribution in [0.4, 0.5) is 0 Å². The van der Waals surface area contributed by atoms with Gasteiger partial charge >= 0.3 is 0 Å². The molecule has 13 heavy (non-hydrogen) atoms. The fourth-order valence-corrected chi connectivity index (χ4v) is 1.59. The van der Waals surface area contributed by atoms with Crippen molar-refractivity contribution in [2.24, 2.45) is 0 Å². The van der Waals surface area contributed by atoms with E-state index in [1.165, 1.54) is 5.57 Å². The number of allylic oxidation sites excluding steroid dienone is 1. The van der Waals surface area contributed by atoms with Gasteiger partial charge in [-0.3, -0.25) is 0 Å². The second-order valence-corrected chi connectivity index (χ2v) is 3.60. The van der Waals surface area contributed by atoms with Crippen LogP contribution in [-0.4, -0.2) is 18.0 Å². The van der Waals surface area contributed by atoms with Gasteiger partial charge in [-0.05, 0) is 26.0 Å². The highest BCUT2D eigenvalue weighted by Crippen LogP contribution is 2.19. The molecule has 1 heteroatoms. The van der Waals surface area contributed by atoms with Crippen molar-refractivity contribution in [1.82, 2.24) is 4.90 Å². The normalized spacial score (nSPS) is 22.1. The highest BCUT2D eigenvalue weighted by atomic mass is 15.1. The summed E-state index contributed by atoms with van der Waals surface area (Å²) in [5, 5.41) is 0. The Kier molecular flexibility index (Phi) is 3.64. The van der Waals surface area contributed by atoms with Gasteiger partial charge in [0.2, 0.25) is 0 Å². The van der Waals surface area contributed by atoms with E-state index in [0.717, 1.165) is 19.3 Å². The molecule has 0 aromatic carbocycles. The van der Waals surface area contributed by atoms with Crippen LogP contribution in [0.15, 0.2) is 23.9 Å². The first kappa shape index (κ1) is 9.92. The van der Waals surface area contributed by atoms with Gasteiger partial charge < -0.3 is 4.90 Å². The predicted molar refractivity (Wildman–Crippen MR) is 57.1 cm³/mol. The lowest BCUT2D eigenvalue weighted by Gasteiger charge is -2.20. The van der Waals surface area contributed by atoms with E-state index in [1.807, 2.05) is 0 Å². The maximum absolute atomic E-state index is 5.19. The topological polar surface area (TPSA) is 3.24 Å². The van der Waals surface area contributed by atoms with Crippen LogP contribution in [0.1, 0.15) is 26.2 Å². The standard InChI is InChI=1S/C12H17N/c1-4-5-7-11(2)10-12-8-6-9-13(12)3/h1,6-7,9,12H,5,8,10H2,2-3H3/b11-7-. The van der Waals surface area contributed by atoms with Crippen molar-refractivity contribution < 1.29 is 0 Å². The van der Waals surface area contributed by atoms with Gasteiger partial charge in [0.25, 0.3) is 0 Å². The van der Waals surface area contributed by atoms with Crippen LogP contribution in [0.2, 0.25) is 0 Å². The average molecular weight is 175 g/mol. The third-order valence-electron chi connectivity index (χ3n) is 2.45. The van der Waals surface area contributed by atoms with E-state index in [9.17, 15) is 0 Å². The number of hydrogen-bond donors (Lipinski definition) is 0. The molecule has 0 spiro atoms. The molecule has 0 N–H and O–H groups in total. The minimum absolute atomic E-state index is 0.647. The number of terminal acetylenes is 1. The quantitative estimate of drug-likeness (QED) is 0.470. The Balaban J connectivity index is 2.37. The molecule has 1 unspecified atom stereocenters. The molecule has 1 rings (SSSR count). The summed E-state index contributed by atoms with van der Waals surface area (Å²) in [5.41, 5.74) is 1.40. The molecular weight excluding hydrogens is 158 g/mol. The van der Waals surface area contributed by atoms with Crippen molar-refractivity contribution in [3.8, 4) is 12.3 Å². The first-order chi connectivity index (χ1) is 6.24. The fraction of sp³-hybridized carbons (Fsp3) is 0.500. The lowest BCUT2D eigenvalue weighted by atomic mass is 10.0. The van der Waals surface area contributed by atoms with E-state index in [0.29, 0.717) is 6.04 Å². The summed E-state index contributed by atoms with van der Waals surface area (Å²) in [5.74, 6) is 2.63. The van der Waals surface area contributed by atoms with E-state index >= 15 is 0 Å². The van der Waals surface area contributed by atoms with E-state index in [1.54, 1.807) is 0 Å². The van der Waals surface area contributed by atoms with Gasteiger partial charge in [0.05, 0.1) is 0 Å². The minimum atomic E-state index is 0.647. The molecule has 1 atom stereocenters. The molecule has 70 valence electrons. The molecule has 0 aromatic heterocycles. The van der Waals surface area contributed by atoms with Gasteiger partial charge in [-0.2, -0.15) is 0 Å². The van der Waals surface area contributed by atoms with Crippen LogP contribution in [0, 0.1) is 12.3 Å². The first-order valence-electron chi connectivity index (χ1n) is 4.71. The summed E-state index contributed by atoms with van der Waals surface area (Å²) in [6, 6.07) is 0.647. The maximum Gasteiger partial charge on any atom is 0.0353 e. The summed E-state index contributed by atoms with van der Waals surface area (Å²) in [4.78, 5) is 2.27. The van der Waals surface area contributed by atoms with Crippen molar-refractivity contribution in [3.05, 3.63) is 23.9 Å². The number of rotatable bonds is 3. The van der Waals surface area contributed by atoms with Gasteiger partial charge in [-0.15, -0.1) is 12.3 Å². The average Bonchev–Trinajstić information content (AvgIpc) is 2.48. The van der Waals surface area contributed by atoms with Crippen molar-refractivity contribution in [2.45, 2.75) is 32.2 Å². The van der Waals surface area contributed by atoms with Gasteiger partial charge in [-0.1, -0.05) is 17.7 Å². The lowest BCUT2D eigenvalue weighted by molar-refractivity contribution is 0.355. The molecule has 0 fully saturated rings. The van der Waals surface area contributed by atoms with Crippen molar-refractivity contribution in [1.29, 1.82) is 0 Å². The Hall–Kier alpha value is -1.16. The Morgan fingerprint density at radius 2 is 2.54 bits per heavy atom. The van der Waals surface area contributed by atoms with E-state index < -0.39 is 0 Å². The van der Waals surface area contributed by atoms with Gasteiger partial charge in [0, 0.05) is 19.5 Å². The molecule has 0 aliphatic carbocycles. The molecule has 0 bridgehead atoms. The third kappa shape index (κ3) is 2.99. The summed E-state index contributed by atoms with van der Waals surface area (Å²) >= 11 is 0. The zero-order chi connectivity index (χ0) is 9.68. The highest BCUT2D eigenvalue weighted by Gasteiger charge is 2.14. The largest absolute Gasteiger partial charge is 0.377 e. The molecule has 1 aliphatic heterocycles. The second-order valence-electron chi connectivity index (χ2n) is 3.60. The van der Waals surface area contributed by atoms with Gasteiger partial charge in [0.1, 0.15) is 0 Å². The third-order valence-corrected chi connectivity index (χ3v) is 2.45. The molecular formula is C12H17N. The molecule has 0 aromatic rings. The van der Waals surface area contributed by atoms with E-state index in [4.69, 9.17) is 6.42 Å². The summed E-state index contributed by atoms with van der Waals surface area (Å²) in [6.45, 7) is 2.16. The Morgan fingerprint density at radius 3 is 3.08 bits per heavy atom. The first-order valence-corrected chi connectivity index (χ1v) is 4.71. The molecule has 0 amide bonds. The predicted octanol–water partition coefficient (Wildman–Crippen LogP) is 2.56. The Labute approximate surface area is 81.1 Å². The van der Waals surface area contributed by atoms with Crippen LogP contribution in [0.3, 0.4) is 0 Å². The minimum Gasteiger partial charge on any atom is -0.377 e. The van der Waals surface area contributed by atoms with E-state index in [-0.39, 0.29) is 0 Å². The molecule has 1 heterocycles. The van der Waals surface area contributed by atoms with Crippen LogP contribution >= 0.6 is 0 Å². The van der Waals surface area contributed by atoms with Crippen molar-refractivity contribution in [3.63, 3.8) is 0 Å². The smallest absolute Gasteiger partial charge is 0.0353 e. The van der Waals surface area contributed by atoms with E-state index in [2.05, 4.69) is 43.1 Å². The van der Waals surface area contributed by atoms with Crippen molar-refractivity contribution in [2.75, 3.05) is 7.05 Å². The van der Waals surface area contributed by atoms with Gasteiger partial charge in [0.15, 0.2) is 0 Å². The second kappa shape index (κ2) is 4.77. The van der Waals surface area contributed by atoms with Gasteiger partial charge in [-0.25, -0.2) is 0 Å². The van der Waals surface area contributed by atoms with Crippen LogP contribution < -0.4 is 0 Å². The Morgan fingerprint density at radius 1 is 1.77 bits per heavy atom. The highest BCUT2D eigenvalue weighted by molar-refractivity contribution is 5.09. The van der Waals surface area contributed by atoms with Crippen LogP contribution in [0.5, 0.6) is 0 Å². The summed E-state index contributed by atoms with van der Waals surface area (Å²) < 4.78 is 0. The zero-order valence-corrected chi connectivity index (χ0v) is 8.46. The number of hydrogen-bond acceptors (Lipinski definition) is 1. The molecule has 1 nitrogen and oxygen atoms in total. The monoisotopic (exact) mass is 175 g/mol. The summed E-state index contributed by atoms with van der Waals surface area (Å²) in [6.07, 6.45) is 14.8. The van der Waals surface area contributed by atoms with Crippen LogP contribution in [0.25, 0.3) is 0 Å². The molecule has 0 saturated carbocycles. The molecule has 0 saturated heterocycles. The number of nitrogens with zero attached hydrogens (tertiary/aromatic N) is 1. The molecule has 1 aliphatic rings. The fourth-order valence-electron chi connectivity index (χ4n) is 1.59. The lowest BCUT2D eigenvalue weighted by Crippen LogP contribution is -2.22. The summed E-state index contributed by atoms with van der Waals surface area (Å²) in [7, 11) is 2.13.